The van der Waals surface area contributed by atoms with E-state index in [2.05, 4.69) is 10.3 Å². The Bertz CT molecular complexity index is 1610. The summed E-state index contributed by atoms with van der Waals surface area (Å²) in [5.74, 6) is -2.46. The molecule has 0 radical (unpaired) electrons. The quantitative estimate of drug-likeness (QED) is 0.400. The fourth-order valence-electron chi connectivity index (χ4n) is 3.90. The lowest BCUT2D eigenvalue weighted by Gasteiger charge is -2.10. The van der Waals surface area contributed by atoms with E-state index in [1.165, 1.54) is 22.9 Å². The van der Waals surface area contributed by atoms with Crippen LogP contribution in [0.1, 0.15) is 21.5 Å². The van der Waals surface area contributed by atoms with E-state index in [4.69, 9.17) is 0 Å². The van der Waals surface area contributed by atoms with Crippen molar-refractivity contribution in [1.29, 1.82) is 0 Å². The molecule has 0 unspecified atom stereocenters. The topological polar surface area (TPSA) is 68.4 Å². The number of hydrogen-bond acceptors (Lipinski definition) is 3. The maximum Gasteiger partial charge on any atom is 0.263 e. The maximum atomic E-state index is 13.5. The number of rotatable bonds is 6. The Morgan fingerprint density at radius 2 is 1.77 bits per heavy atom. The molecule has 35 heavy (non-hydrogen) atoms. The van der Waals surface area contributed by atoms with Gasteiger partial charge in [0.1, 0.15) is 11.2 Å². The molecule has 1 amide bonds. The van der Waals surface area contributed by atoms with E-state index in [1.807, 2.05) is 53.2 Å². The van der Waals surface area contributed by atoms with Crippen LogP contribution in [0.5, 0.6) is 0 Å². The second kappa shape index (κ2) is 9.34. The van der Waals surface area contributed by atoms with Crippen LogP contribution in [0.25, 0.3) is 16.8 Å². The van der Waals surface area contributed by atoms with Crippen molar-refractivity contribution < 1.29 is 13.6 Å². The van der Waals surface area contributed by atoms with Gasteiger partial charge in [-0.25, -0.2) is 13.8 Å². The van der Waals surface area contributed by atoms with Crippen LogP contribution in [0.3, 0.4) is 0 Å². The summed E-state index contributed by atoms with van der Waals surface area (Å²) in [6, 6.07) is 18.1. The molecule has 0 spiro atoms. The van der Waals surface area contributed by atoms with Crippen LogP contribution < -0.4 is 10.9 Å². The zero-order valence-corrected chi connectivity index (χ0v) is 18.5. The lowest BCUT2D eigenvalue weighted by molar-refractivity contribution is 0.0949. The summed E-state index contributed by atoms with van der Waals surface area (Å²) in [6.45, 7) is 0.248. The number of halogens is 2. The molecule has 3 aromatic heterocycles. The predicted octanol–water partition coefficient (Wildman–Crippen LogP) is 4.42. The average Bonchev–Trinajstić information content (AvgIpc) is 3.34. The largest absolute Gasteiger partial charge is 0.348 e. The minimum atomic E-state index is -0.989. The third-order valence-electron chi connectivity index (χ3n) is 5.70. The molecule has 5 rings (SSSR count). The van der Waals surface area contributed by atoms with Gasteiger partial charge in [-0.05, 0) is 64.7 Å². The summed E-state index contributed by atoms with van der Waals surface area (Å²) in [5.41, 5.74) is 3.59. The molecule has 0 aliphatic rings. The normalized spacial score (nSPS) is 11.0. The number of nitrogens with zero attached hydrogens (tertiary/aromatic N) is 3. The number of carbonyl (C=O) groups is 1. The van der Waals surface area contributed by atoms with Crippen molar-refractivity contribution >= 4 is 11.6 Å². The van der Waals surface area contributed by atoms with Crippen molar-refractivity contribution in [1.82, 2.24) is 19.3 Å². The molecule has 8 heteroatoms. The molecular weight excluding hydrogens is 450 g/mol. The first-order valence-electron chi connectivity index (χ1n) is 10.9. The minimum Gasteiger partial charge on any atom is -0.348 e. The zero-order valence-electron chi connectivity index (χ0n) is 18.5. The summed E-state index contributed by atoms with van der Waals surface area (Å²) in [4.78, 5) is 29.8. The second-order valence-electron chi connectivity index (χ2n) is 8.10. The van der Waals surface area contributed by atoms with Gasteiger partial charge in [-0.15, -0.1) is 0 Å². The van der Waals surface area contributed by atoms with Crippen molar-refractivity contribution in [2.45, 2.75) is 13.1 Å². The van der Waals surface area contributed by atoms with E-state index < -0.39 is 23.1 Å². The number of fused-ring (bicyclic) bond motifs is 1. The van der Waals surface area contributed by atoms with Gasteiger partial charge in [-0.2, -0.15) is 0 Å². The molecule has 0 saturated heterocycles. The number of pyridine rings is 2. The van der Waals surface area contributed by atoms with E-state index >= 15 is 0 Å². The van der Waals surface area contributed by atoms with Gasteiger partial charge in [0.05, 0.1) is 6.54 Å². The van der Waals surface area contributed by atoms with Gasteiger partial charge in [0.15, 0.2) is 11.6 Å². The van der Waals surface area contributed by atoms with E-state index in [-0.39, 0.29) is 18.7 Å². The first-order chi connectivity index (χ1) is 17.0. The Balaban J connectivity index is 1.30. The molecule has 5 aromatic rings. The van der Waals surface area contributed by atoms with Gasteiger partial charge >= 0.3 is 0 Å². The highest BCUT2D eigenvalue weighted by Gasteiger charge is 2.13. The lowest BCUT2D eigenvalue weighted by atomic mass is 10.0. The minimum absolute atomic E-state index is 0.0143. The average molecular weight is 470 g/mol. The van der Waals surface area contributed by atoms with Crippen LogP contribution in [0.2, 0.25) is 0 Å². The van der Waals surface area contributed by atoms with Crippen molar-refractivity contribution in [2.24, 2.45) is 0 Å². The second-order valence-corrected chi connectivity index (χ2v) is 8.10. The summed E-state index contributed by atoms with van der Waals surface area (Å²) in [6.07, 6.45) is 7.10. The fraction of sp³-hybridized carbons (Fsp3) is 0.0741. The van der Waals surface area contributed by atoms with Crippen molar-refractivity contribution in [3.63, 3.8) is 0 Å². The maximum absolute atomic E-state index is 13.5. The Morgan fingerprint density at radius 1 is 0.886 bits per heavy atom. The van der Waals surface area contributed by atoms with Gasteiger partial charge in [0, 0.05) is 31.3 Å². The number of hydrogen-bond donors (Lipinski definition) is 1. The number of carbonyl (C=O) groups excluding carboxylic acids is 1. The van der Waals surface area contributed by atoms with E-state index in [1.54, 1.807) is 12.3 Å². The number of aromatic nitrogens is 3. The SMILES string of the molecule is O=C(NCc1cccc(-c2ccc3nccn3c2)c1)c1cccn(Cc2ccc(F)c(F)c2)c1=O. The molecule has 1 N–H and O–H groups in total. The molecule has 0 aliphatic carbocycles. The van der Waals surface area contributed by atoms with Crippen LogP contribution in [0.15, 0.2) is 96.3 Å². The van der Waals surface area contributed by atoms with Gasteiger partial charge in [0.25, 0.3) is 11.5 Å². The molecule has 6 nitrogen and oxygen atoms in total. The summed E-state index contributed by atoms with van der Waals surface area (Å²) in [7, 11) is 0. The number of imidazole rings is 1. The van der Waals surface area contributed by atoms with Gasteiger partial charge in [-0.1, -0.05) is 24.3 Å². The van der Waals surface area contributed by atoms with Crippen LogP contribution in [-0.2, 0) is 13.1 Å². The van der Waals surface area contributed by atoms with Crippen molar-refractivity contribution in [2.75, 3.05) is 0 Å². The predicted molar refractivity (Wildman–Crippen MR) is 128 cm³/mol. The summed E-state index contributed by atoms with van der Waals surface area (Å²) < 4.78 is 29.9. The highest BCUT2D eigenvalue weighted by atomic mass is 19.2. The standard InChI is InChI=1S/C27H20F2N4O2/c28-23-8-6-19(14-24(23)29)16-33-11-2-5-22(27(33)35)26(34)31-15-18-3-1-4-20(13-18)21-7-9-25-30-10-12-32(25)17-21/h1-14,17H,15-16H2,(H,31,34). The first kappa shape index (κ1) is 22.2. The number of nitrogens with one attached hydrogen (secondary N) is 1. The highest BCUT2D eigenvalue weighted by molar-refractivity contribution is 5.93. The van der Waals surface area contributed by atoms with E-state index in [0.29, 0.717) is 5.56 Å². The first-order valence-corrected chi connectivity index (χ1v) is 10.9. The Morgan fingerprint density at radius 3 is 2.63 bits per heavy atom. The Hall–Kier alpha value is -4.59. The molecule has 0 bridgehead atoms. The molecule has 174 valence electrons. The van der Waals surface area contributed by atoms with E-state index in [9.17, 15) is 18.4 Å². The number of benzene rings is 2. The third kappa shape index (κ3) is 4.72. The molecule has 0 fully saturated rings. The zero-order chi connectivity index (χ0) is 24.4. The smallest absolute Gasteiger partial charge is 0.263 e. The Kier molecular flexibility index (Phi) is 5.93. The Labute approximate surface area is 199 Å². The number of amides is 1. The van der Waals surface area contributed by atoms with Crippen LogP contribution >= 0.6 is 0 Å². The highest BCUT2D eigenvalue weighted by Crippen LogP contribution is 2.21. The molecule has 2 aromatic carbocycles. The van der Waals surface area contributed by atoms with E-state index in [0.717, 1.165) is 34.5 Å². The third-order valence-corrected chi connectivity index (χ3v) is 5.70. The van der Waals surface area contributed by atoms with Gasteiger partial charge < -0.3 is 14.3 Å². The van der Waals surface area contributed by atoms with Crippen LogP contribution in [0, 0.1) is 11.6 Å². The molecule has 3 heterocycles. The van der Waals surface area contributed by atoms with Crippen LogP contribution in [0.4, 0.5) is 8.78 Å². The fourth-order valence-corrected chi connectivity index (χ4v) is 3.90. The van der Waals surface area contributed by atoms with Crippen LogP contribution in [-0.4, -0.2) is 19.9 Å². The van der Waals surface area contributed by atoms with Gasteiger partial charge in [-0.3, -0.25) is 9.59 Å². The molecule has 0 aliphatic heterocycles. The summed E-state index contributed by atoms with van der Waals surface area (Å²) >= 11 is 0. The van der Waals surface area contributed by atoms with Gasteiger partial charge in [0.2, 0.25) is 0 Å². The monoisotopic (exact) mass is 470 g/mol. The lowest BCUT2D eigenvalue weighted by Crippen LogP contribution is -2.32. The van der Waals surface area contributed by atoms with Crippen molar-refractivity contribution in [3.8, 4) is 11.1 Å². The van der Waals surface area contributed by atoms with Crippen molar-refractivity contribution in [3.05, 3.63) is 130 Å². The summed E-state index contributed by atoms with van der Waals surface area (Å²) in [5, 5.41) is 2.79. The molecular formula is C27H20F2N4O2. The molecule has 0 atom stereocenters. The molecule has 0 saturated carbocycles.